The number of ether oxygens (including phenoxy) is 2. The van der Waals surface area contributed by atoms with Crippen molar-refractivity contribution < 1.29 is 24.2 Å². The van der Waals surface area contributed by atoms with Crippen LogP contribution >= 0.6 is 0 Å². The van der Waals surface area contributed by atoms with Crippen LogP contribution in [-0.2, 0) is 14.3 Å². The maximum Gasteiger partial charge on any atom is 0.317 e. The molecule has 21 heavy (non-hydrogen) atoms. The van der Waals surface area contributed by atoms with Crippen LogP contribution in [0.25, 0.3) is 0 Å². The van der Waals surface area contributed by atoms with E-state index in [0.29, 0.717) is 32.8 Å². The van der Waals surface area contributed by atoms with Crippen molar-refractivity contribution in [3.8, 4) is 0 Å². The number of carbonyl (C=O) groups excluding carboxylic acids is 1. The third-order valence-electron chi connectivity index (χ3n) is 4.24. The Morgan fingerprint density at radius 3 is 2.86 bits per heavy atom. The molecule has 7 nitrogen and oxygen atoms in total. The summed E-state index contributed by atoms with van der Waals surface area (Å²) in [5, 5.41) is 11.7. The van der Waals surface area contributed by atoms with Crippen molar-refractivity contribution in [2.75, 3.05) is 40.0 Å². The molecule has 2 aliphatic rings. The number of nitrogens with one attached hydrogen (secondary N) is 1. The fourth-order valence-corrected chi connectivity index (χ4v) is 2.61. The van der Waals surface area contributed by atoms with Gasteiger partial charge < -0.3 is 24.8 Å². The van der Waals surface area contributed by atoms with Crippen LogP contribution in [-0.4, -0.2) is 68.1 Å². The molecule has 7 heteroatoms. The van der Waals surface area contributed by atoms with E-state index in [0.717, 1.165) is 19.3 Å². The van der Waals surface area contributed by atoms with Gasteiger partial charge in [0, 0.05) is 33.4 Å². The van der Waals surface area contributed by atoms with E-state index >= 15 is 0 Å². The van der Waals surface area contributed by atoms with Gasteiger partial charge in [-0.3, -0.25) is 4.79 Å². The number of carboxylic acid groups (broad SMARTS) is 1. The summed E-state index contributed by atoms with van der Waals surface area (Å²) in [6.45, 7) is 2.61. The van der Waals surface area contributed by atoms with Crippen LogP contribution in [0.3, 0.4) is 0 Å². The number of morpholine rings is 1. The van der Waals surface area contributed by atoms with E-state index in [-0.39, 0.29) is 17.9 Å². The molecule has 1 saturated heterocycles. The molecular formula is C14H24N2O5. The molecule has 0 spiro atoms. The molecule has 2 amide bonds. The van der Waals surface area contributed by atoms with E-state index < -0.39 is 12.1 Å². The number of carbonyl (C=O) groups is 2. The Hall–Kier alpha value is -1.34. The zero-order valence-electron chi connectivity index (χ0n) is 12.5. The summed E-state index contributed by atoms with van der Waals surface area (Å²) < 4.78 is 10.5. The van der Waals surface area contributed by atoms with Crippen LogP contribution in [0.4, 0.5) is 4.79 Å². The number of carboxylic acids is 1. The molecular weight excluding hydrogens is 276 g/mol. The van der Waals surface area contributed by atoms with Gasteiger partial charge in [-0.1, -0.05) is 0 Å². The zero-order valence-corrected chi connectivity index (χ0v) is 12.5. The lowest BCUT2D eigenvalue weighted by molar-refractivity contribution is -0.141. The van der Waals surface area contributed by atoms with Gasteiger partial charge in [0.2, 0.25) is 0 Å². The number of urea groups is 1. The molecule has 1 heterocycles. The average Bonchev–Trinajstić information content (AvgIpc) is 3.23. The number of nitrogens with zero attached hydrogens (tertiary/aromatic N) is 1. The Kier molecular flexibility index (Phi) is 5.41. The minimum Gasteiger partial charge on any atom is -0.481 e. The Balaban J connectivity index is 1.74. The SMILES string of the molecule is COCCC1(CNC(=O)N2CCOC(CC(=O)O)C2)CC1. The second kappa shape index (κ2) is 7.09. The smallest absolute Gasteiger partial charge is 0.317 e. The van der Waals surface area contributed by atoms with Crippen LogP contribution in [0, 0.1) is 5.41 Å². The highest BCUT2D eigenvalue weighted by atomic mass is 16.5. The van der Waals surface area contributed by atoms with Gasteiger partial charge in [-0.2, -0.15) is 0 Å². The highest BCUT2D eigenvalue weighted by Crippen LogP contribution is 2.48. The Morgan fingerprint density at radius 1 is 1.48 bits per heavy atom. The molecule has 1 atom stereocenters. The predicted octanol–water partition coefficient (Wildman–Crippen LogP) is 0.688. The molecule has 0 aromatic heterocycles. The largest absolute Gasteiger partial charge is 0.481 e. The number of hydrogen-bond acceptors (Lipinski definition) is 4. The molecule has 1 aliphatic heterocycles. The fraction of sp³-hybridized carbons (Fsp3) is 0.857. The van der Waals surface area contributed by atoms with Crippen molar-refractivity contribution in [2.45, 2.75) is 31.8 Å². The molecule has 120 valence electrons. The molecule has 0 bridgehead atoms. The maximum atomic E-state index is 12.2. The number of amides is 2. The molecule has 1 saturated carbocycles. The van der Waals surface area contributed by atoms with E-state index in [1.807, 2.05) is 0 Å². The summed E-state index contributed by atoms with van der Waals surface area (Å²) in [6, 6.07) is -0.127. The number of rotatable bonds is 7. The molecule has 2 fully saturated rings. The standard InChI is InChI=1S/C14H24N2O5/c1-20-6-4-14(2-3-14)10-15-13(19)16-5-7-21-11(9-16)8-12(17)18/h11H,2-10H2,1H3,(H,15,19)(H,17,18). The number of hydrogen-bond donors (Lipinski definition) is 2. The summed E-state index contributed by atoms with van der Waals surface area (Å²) >= 11 is 0. The van der Waals surface area contributed by atoms with Gasteiger partial charge in [0.15, 0.2) is 0 Å². The van der Waals surface area contributed by atoms with Gasteiger partial charge in [-0.25, -0.2) is 4.79 Å². The Bertz CT molecular complexity index is 384. The molecule has 0 aromatic rings. The second-order valence-electron chi connectivity index (χ2n) is 5.94. The zero-order chi connectivity index (χ0) is 15.3. The van der Waals surface area contributed by atoms with E-state index in [9.17, 15) is 9.59 Å². The Morgan fingerprint density at radius 2 is 2.24 bits per heavy atom. The molecule has 2 N–H and O–H groups in total. The van der Waals surface area contributed by atoms with E-state index in [1.165, 1.54) is 0 Å². The average molecular weight is 300 g/mol. The first-order valence-electron chi connectivity index (χ1n) is 7.40. The molecule has 1 unspecified atom stereocenters. The van der Waals surface area contributed by atoms with Gasteiger partial charge >= 0.3 is 12.0 Å². The maximum absolute atomic E-state index is 12.2. The van der Waals surface area contributed by atoms with Crippen molar-refractivity contribution >= 4 is 12.0 Å². The van der Waals surface area contributed by atoms with Crippen LogP contribution in [0.5, 0.6) is 0 Å². The Labute approximate surface area is 124 Å². The lowest BCUT2D eigenvalue weighted by Gasteiger charge is -2.32. The summed E-state index contributed by atoms with van der Waals surface area (Å²) in [4.78, 5) is 24.5. The molecule has 2 rings (SSSR count). The molecule has 1 aliphatic carbocycles. The van der Waals surface area contributed by atoms with E-state index in [1.54, 1.807) is 12.0 Å². The van der Waals surface area contributed by atoms with Crippen LogP contribution in [0.2, 0.25) is 0 Å². The lowest BCUT2D eigenvalue weighted by atomic mass is 10.0. The fourth-order valence-electron chi connectivity index (χ4n) is 2.61. The van der Waals surface area contributed by atoms with E-state index in [4.69, 9.17) is 14.6 Å². The first-order chi connectivity index (χ1) is 10.0. The highest BCUT2D eigenvalue weighted by molar-refractivity contribution is 5.74. The first-order valence-corrected chi connectivity index (χ1v) is 7.40. The quantitative estimate of drug-likeness (QED) is 0.722. The lowest BCUT2D eigenvalue weighted by Crippen LogP contribution is -2.51. The highest BCUT2D eigenvalue weighted by Gasteiger charge is 2.42. The van der Waals surface area contributed by atoms with Crippen molar-refractivity contribution in [1.82, 2.24) is 10.2 Å². The summed E-state index contributed by atoms with van der Waals surface area (Å²) in [7, 11) is 1.69. The van der Waals surface area contributed by atoms with Gasteiger partial charge in [0.05, 0.1) is 19.1 Å². The number of aliphatic carboxylic acids is 1. The van der Waals surface area contributed by atoms with Gasteiger partial charge in [-0.15, -0.1) is 0 Å². The predicted molar refractivity (Wildman–Crippen MR) is 75.1 cm³/mol. The topological polar surface area (TPSA) is 88.1 Å². The third-order valence-corrected chi connectivity index (χ3v) is 4.24. The van der Waals surface area contributed by atoms with Gasteiger partial charge in [0.1, 0.15) is 0 Å². The summed E-state index contributed by atoms with van der Waals surface area (Å²) in [5.41, 5.74) is 0.207. The normalized spacial score (nSPS) is 23.7. The van der Waals surface area contributed by atoms with Crippen molar-refractivity contribution in [2.24, 2.45) is 5.41 Å². The third kappa shape index (κ3) is 4.86. The second-order valence-corrected chi connectivity index (χ2v) is 5.94. The molecule has 0 radical (unpaired) electrons. The monoisotopic (exact) mass is 300 g/mol. The first kappa shape index (κ1) is 16.0. The summed E-state index contributed by atoms with van der Waals surface area (Å²) in [5.74, 6) is -0.904. The van der Waals surface area contributed by atoms with Crippen molar-refractivity contribution in [1.29, 1.82) is 0 Å². The van der Waals surface area contributed by atoms with Crippen LogP contribution in [0.1, 0.15) is 25.7 Å². The van der Waals surface area contributed by atoms with Crippen LogP contribution < -0.4 is 5.32 Å². The van der Waals surface area contributed by atoms with Gasteiger partial charge in [0.25, 0.3) is 0 Å². The van der Waals surface area contributed by atoms with Gasteiger partial charge in [-0.05, 0) is 24.7 Å². The molecule has 0 aromatic carbocycles. The van der Waals surface area contributed by atoms with Crippen molar-refractivity contribution in [3.05, 3.63) is 0 Å². The number of methoxy groups -OCH3 is 1. The van der Waals surface area contributed by atoms with Crippen LogP contribution in [0.15, 0.2) is 0 Å². The van der Waals surface area contributed by atoms with Crippen molar-refractivity contribution in [3.63, 3.8) is 0 Å². The minimum atomic E-state index is -0.904. The minimum absolute atomic E-state index is 0.0679. The van der Waals surface area contributed by atoms with E-state index in [2.05, 4.69) is 5.32 Å². The summed E-state index contributed by atoms with van der Waals surface area (Å²) in [6.07, 6.45) is 2.74.